The number of aliphatic hydroxyl groups is 1. The average Bonchev–Trinajstić information content (AvgIpc) is 3.31. The fraction of sp³-hybridized carbons (Fsp3) is 0.647. The molecule has 0 radical (unpaired) electrons. The summed E-state index contributed by atoms with van der Waals surface area (Å²) < 4.78 is 0. The van der Waals surface area contributed by atoms with E-state index >= 15 is 0 Å². The van der Waals surface area contributed by atoms with Gasteiger partial charge in [0.15, 0.2) is 0 Å². The van der Waals surface area contributed by atoms with Crippen LogP contribution in [0.1, 0.15) is 43.8 Å². The number of aliphatic hydroxyl groups excluding tert-OH is 1. The first kappa shape index (κ1) is 14.1. The minimum absolute atomic E-state index is 0.363. The van der Waals surface area contributed by atoms with E-state index in [1.165, 1.54) is 32.1 Å². The van der Waals surface area contributed by atoms with Crippen molar-refractivity contribution in [2.45, 2.75) is 50.3 Å². The van der Waals surface area contributed by atoms with E-state index in [0.717, 1.165) is 31.2 Å². The maximum Gasteiger partial charge on any atom is 0.0917 e. The summed E-state index contributed by atoms with van der Waals surface area (Å²) in [6.07, 6.45) is 6.19. The molecule has 1 heterocycles. The highest BCUT2D eigenvalue weighted by Crippen LogP contribution is 2.23. The lowest BCUT2D eigenvalue weighted by Crippen LogP contribution is -2.47. The lowest BCUT2D eigenvalue weighted by atomic mass is 10.00. The van der Waals surface area contributed by atoms with Crippen LogP contribution < -0.4 is 5.32 Å². The van der Waals surface area contributed by atoms with Crippen molar-refractivity contribution in [2.75, 3.05) is 19.6 Å². The summed E-state index contributed by atoms with van der Waals surface area (Å²) in [4.78, 5) is 2.48. The molecule has 1 aromatic carbocycles. The molecule has 0 amide bonds. The van der Waals surface area contributed by atoms with E-state index in [1.54, 1.807) is 0 Å². The van der Waals surface area contributed by atoms with Crippen LogP contribution in [-0.2, 0) is 0 Å². The summed E-state index contributed by atoms with van der Waals surface area (Å²) in [5, 5.41) is 14.1. The number of piperidine rings is 1. The van der Waals surface area contributed by atoms with Crippen LogP contribution in [0.3, 0.4) is 0 Å². The fourth-order valence-electron chi connectivity index (χ4n) is 3.12. The van der Waals surface area contributed by atoms with Crippen molar-refractivity contribution in [2.24, 2.45) is 0 Å². The highest BCUT2D eigenvalue weighted by Gasteiger charge is 2.27. The Labute approximate surface area is 122 Å². The zero-order valence-electron chi connectivity index (χ0n) is 12.2. The molecule has 2 aliphatic rings. The summed E-state index contributed by atoms with van der Waals surface area (Å²) >= 11 is 0. The Kier molecular flexibility index (Phi) is 4.71. The van der Waals surface area contributed by atoms with E-state index in [2.05, 4.69) is 10.2 Å². The Balaban J connectivity index is 1.55. The van der Waals surface area contributed by atoms with Gasteiger partial charge in [0.05, 0.1) is 6.10 Å². The minimum atomic E-state index is -0.363. The van der Waals surface area contributed by atoms with Gasteiger partial charge >= 0.3 is 0 Å². The summed E-state index contributed by atoms with van der Waals surface area (Å²) in [5.74, 6) is 0. The molecule has 1 aliphatic heterocycles. The molecule has 2 fully saturated rings. The first-order valence-corrected chi connectivity index (χ1v) is 8.03. The van der Waals surface area contributed by atoms with Crippen LogP contribution in [0.4, 0.5) is 0 Å². The highest BCUT2D eigenvalue weighted by atomic mass is 16.3. The number of hydrogen-bond acceptors (Lipinski definition) is 3. The molecule has 2 unspecified atom stereocenters. The van der Waals surface area contributed by atoms with Gasteiger partial charge in [0.25, 0.3) is 0 Å². The molecular weight excluding hydrogens is 248 g/mol. The second-order valence-corrected chi connectivity index (χ2v) is 6.25. The number of β-amino-alcohol motifs (C(OH)–C–C–N with tert-alkyl or cyclic N) is 1. The molecule has 2 atom stereocenters. The second kappa shape index (κ2) is 6.70. The number of benzene rings is 1. The van der Waals surface area contributed by atoms with Crippen LogP contribution in [0, 0.1) is 0 Å². The quantitative estimate of drug-likeness (QED) is 0.836. The molecule has 110 valence electrons. The van der Waals surface area contributed by atoms with Crippen LogP contribution >= 0.6 is 0 Å². The lowest BCUT2D eigenvalue weighted by Gasteiger charge is -2.37. The standard InChI is InChI=1S/C17H26N2O/c20-17(14-6-2-1-3-7-14)13-19-11-5-4-8-16(19)12-18-15-9-10-15/h1-3,6-7,15-18,20H,4-5,8-13H2. The third kappa shape index (κ3) is 3.81. The smallest absolute Gasteiger partial charge is 0.0917 e. The average molecular weight is 274 g/mol. The first-order valence-electron chi connectivity index (χ1n) is 8.03. The lowest BCUT2D eigenvalue weighted by molar-refractivity contribution is 0.0667. The van der Waals surface area contributed by atoms with E-state index in [9.17, 15) is 5.11 Å². The predicted octanol–water partition coefficient (Wildman–Crippen LogP) is 2.33. The maximum absolute atomic E-state index is 10.4. The van der Waals surface area contributed by atoms with Gasteiger partial charge in [0.1, 0.15) is 0 Å². The van der Waals surface area contributed by atoms with Crippen molar-refractivity contribution in [3.05, 3.63) is 35.9 Å². The van der Waals surface area contributed by atoms with Gasteiger partial charge < -0.3 is 10.4 Å². The normalized spacial score (nSPS) is 25.6. The summed E-state index contributed by atoms with van der Waals surface area (Å²) in [6.45, 7) is 2.98. The van der Waals surface area contributed by atoms with E-state index < -0.39 is 0 Å². The molecule has 3 rings (SSSR count). The zero-order valence-corrected chi connectivity index (χ0v) is 12.2. The molecule has 3 heteroatoms. The number of hydrogen-bond donors (Lipinski definition) is 2. The van der Waals surface area contributed by atoms with E-state index in [4.69, 9.17) is 0 Å². The maximum atomic E-state index is 10.4. The van der Waals surface area contributed by atoms with Gasteiger partial charge in [0.2, 0.25) is 0 Å². The fourth-order valence-corrected chi connectivity index (χ4v) is 3.12. The zero-order chi connectivity index (χ0) is 13.8. The van der Waals surface area contributed by atoms with Crippen molar-refractivity contribution in [3.63, 3.8) is 0 Å². The Hall–Kier alpha value is -0.900. The molecule has 1 saturated carbocycles. The topological polar surface area (TPSA) is 35.5 Å². The van der Waals surface area contributed by atoms with Crippen LogP contribution in [0.25, 0.3) is 0 Å². The van der Waals surface area contributed by atoms with Gasteiger partial charge in [-0.25, -0.2) is 0 Å². The van der Waals surface area contributed by atoms with Crippen molar-refractivity contribution < 1.29 is 5.11 Å². The van der Waals surface area contributed by atoms with E-state index in [0.29, 0.717) is 6.04 Å². The van der Waals surface area contributed by atoms with Gasteiger partial charge in [-0.3, -0.25) is 4.90 Å². The van der Waals surface area contributed by atoms with Crippen LogP contribution in [0.5, 0.6) is 0 Å². The molecular formula is C17H26N2O. The summed E-state index contributed by atoms with van der Waals surface area (Å²) in [6, 6.07) is 11.4. The van der Waals surface area contributed by atoms with Gasteiger partial charge in [-0.05, 0) is 37.8 Å². The number of nitrogens with one attached hydrogen (secondary N) is 1. The molecule has 1 aromatic rings. The third-order valence-electron chi connectivity index (χ3n) is 4.56. The molecule has 0 aromatic heterocycles. The van der Waals surface area contributed by atoms with Gasteiger partial charge in [-0.1, -0.05) is 36.8 Å². The van der Waals surface area contributed by atoms with Crippen molar-refractivity contribution in [1.29, 1.82) is 0 Å². The molecule has 0 spiro atoms. The van der Waals surface area contributed by atoms with Crippen LogP contribution in [0.2, 0.25) is 0 Å². The molecule has 3 nitrogen and oxygen atoms in total. The molecule has 20 heavy (non-hydrogen) atoms. The van der Waals surface area contributed by atoms with Gasteiger partial charge in [-0.15, -0.1) is 0 Å². The van der Waals surface area contributed by atoms with Crippen LogP contribution in [-0.4, -0.2) is 41.7 Å². The van der Waals surface area contributed by atoms with Crippen molar-refractivity contribution >= 4 is 0 Å². The SMILES string of the molecule is OC(CN1CCCCC1CNC1CC1)c1ccccc1. The van der Waals surface area contributed by atoms with Crippen LogP contribution in [0.15, 0.2) is 30.3 Å². The molecule has 1 saturated heterocycles. The number of likely N-dealkylation sites (tertiary alicyclic amines) is 1. The largest absolute Gasteiger partial charge is 0.387 e. The minimum Gasteiger partial charge on any atom is -0.387 e. The van der Waals surface area contributed by atoms with E-state index in [-0.39, 0.29) is 6.10 Å². The number of nitrogens with zero attached hydrogens (tertiary/aromatic N) is 1. The summed E-state index contributed by atoms with van der Waals surface area (Å²) in [7, 11) is 0. The van der Waals surface area contributed by atoms with Gasteiger partial charge in [0, 0.05) is 25.2 Å². The Morgan fingerprint density at radius 1 is 1.15 bits per heavy atom. The Morgan fingerprint density at radius 3 is 2.70 bits per heavy atom. The monoisotopic (exact) mass is 274 g/mol. The Bertz CT molecular complexity index is 405. The summed E-state index contributed by atoms with van der Waals surface area (Å²) in [5.41, 5.74) is 1.03. The van der Waals surface area contributed by atoms with Crippen molar-refractivity contribution in [3.8, 4) is 0 Å². The van der Waals surface area contributed by atoms with Crippen molar-refractivity contribution in [1.82, 2.24) is 10.2 Å². The predicted molar refractivity (Wildman–Crippen MR) is 81.6 cm³/mol. The molecule has 2 N–H and O–H groups in total. The van der Waals surface area contributed by atoms with E-state index in [1.807, 2.05) is 30.3 Å². The Morgan fingerprint density at radius 2 is 1.95 bits per heavy atom. The first-order chi connectivity index (χ1) is 9.83. The third-order valence-corrected chi connectivity index (χ3v) is 4.56. The molecule has 0 bridgehead atoms. The second-order valence-electron chi connectivity index (χ2n) is 6.25. The molecule has 1 aliphatic carbocycles. The van der Waals surface area contributed by atoms with Gasteiger partial charge in [-0.2, -0.15) is 0 Å². The highest BCUT2D eigenvalue weighted by molar-refractivity contribution is 5.17. The number of rotatable bonds is 6.